The molecule has 0 aliphatic heterocycles. The van der Waals surface area contributed by atoms with Crippen LogP contribution in [0.2, 0.25) is 0 Å². The molecule has 172 valence electrons. The van der Waals surface area contributed by atoms with E-state index in [0.29, 0.717) is 41.1 Å². The molecule has 0 saturated carbocycles. The maximum Gasteiger partial charge on any atom is 0.335 e. The highest BCUT2D eigenvalue weighted by atomic mass is 19.3. The molecule has 3 N–H and O–H groups in total. The molecule has 4 rings (SSSR count). The van der Waals surface area contributed by atoms with E-state index in [1.807, 2.05) is 0 Å². The molecule has 1 aromatic carbocycles. The standard InChI is InChI=1S/C24H24F2N4O3/c1-24(25,26)17-7-3-2-6-16(17)14-30-20-10-9-15(22(32)33)12-19(20)29-23(30)28-13-21(31)18-8-4-5-11-27-18/h4-12,21,31H,2-3,13-14H2,1H3,(H,28,29)(H,32,33)/t21-/m1/s1. The Labute approximate surface area is 189 Å². The van der Waals surface area contributed by atoms with Gasteiger partial charge >= 0.3 is 5.97 Å². The van der Waals surface area contributed by atoms with E-state index >= 15 is 0 Å². The highest BCUT2D eigenvalue weighted by molar-refractivity contribution is 5.93. The predicted octanol–water partition coefficient (Wildman–Crippen LogP) is 4.58. The van der Waals surface area contributed by atoms with Crippen LogP contribution < -0.4 is 5.32 Å². The molecular weight excluding hydrogens is 430 g/mol. The van der Waals surface area contributed by atoms with Gasteiger partial charge in [-0.1, -0.05) is 18.2 Å². The van der Waals surface area contributed by atoms with Crippen molar-refractivity contribution in [3.05, 3.63) is 77.2 Å². The minimum Gasteiger partial charge on any atom is -0.478 e. The van der Waals surface area contributed by atoms with E-state index in [1.165, 1.54) is 12.1 Å². The molecule has 0 spiro atoms. The number of alkyl halides is 2. The molecule has 0 radical (unpaired) electrons. The Morgan fingerprint density at radius 3 is 2.73 bits per heavy atom. The van der Waals surface area contributed by atoms with Gasteiger partial charge in [-0.3, -0.25) is 4.98 Å². The molecule has 0 amide bonds. The van der Waals surface area contributed by atoms with Gasteiger partial charge in [0.2, 0.25) is 5.95 Å². The first-order chi connectivity index (χ1) is 15.7. The van der Waals surface area contributed by atoms with Crippen LogP contribution in [0.5, 0.6) is 0 Å². The molecule has 1 aliphatic rings. The number of benzene rings is 1. The van der Waals surface area contributed by atoms with Crippen molar-refractivity contribution in [3.8, 4) is 0 Å². The minimum absolute atomic E-state index is 0.0165. The molecule has 0 fully saturated rings. The lowest BCUT2D eigenvalue weighted by molar-refractivity contribution is 0.0644. The lowest BCUT2D eigenvalue weighted by Crippen LogP contribution is -2.21. The number of nitrogens with one attached hydrogen (secondary N) is 1. The van der Waals surface area contributed by atoms with E-state index in [9.17, 15) is 23.8 Å². The number of fused-ring (bicyclic) bond motifs is 1. The van der Waals surface area contributed by atoms with Gasteiger partial charge in [0.15, 0.2) is 0 Å². The summed E-state index contributed by atoms with van der Waals surface area (Å²) in [5.74, 6) is -3.73. The van der Waals surface area contributed by atoms with E-state index in [4.69, 9.17) is 0 Å². The minimum atomic E-state index is -2.98. The average Bonchev–Trinajstić information content (AvgIpc) is 3.14. The molecule has 7 nitrogen and oxygen atoms in total. The number of pyridine rings is 1. The first kappa shape index (κ1) is 22.6. The Bertz CT molecular complexity index is 1230. The molecule has 1 aliphatic carbocycles. The second-order valence-corrected chi connectivity index (χ2v) is 7.99. The zero-order valence-electron chi connectivity index (χ0n) is 18.0. The molecule has 3 aromatic rings. The van der Waals surface area contributed by atoms with Gasteiger partial charge in [0.1, 0.15) is 6.10 Å². The van der Waals surface area contributed by atoms with Crippen LogP contribution >= 0.6 is 0 Å². The quantitative estimate of drug-likeness (QED) is 0.461. The Hall–Kier alpha value is -3.59. The van der Waals surface area contributed by atoms with Gasteiger partial charge in [0.25, 0.3) is 5.92 Å². The van der Waals surface area contributed by atoms with Crippen LogP contribution in [-0.2, 0) is 6.54 Å². The van der Waals surface area contributed by atoms with Crippen LogP contribution in [0.3, 0.4) is 0 Å². The van der Waals surface area contributed by atoms with Crippen LogP contribution in [0.4, 0.5) is 14.7 Å². The first-order valence-corrected chi connectivity index (χ1v) is 10.6. The van der Waals surface area contributed by atoms with Crippen molar-refractivity contribution in [2.75, 3.05) is 11.9 Å². The van der Waals surface area contributed by atoms with Crippen molar-refractivity contribution in [2.45, 2.75) is 38.3 Å². The Morgan fingerprint density at radius 2 is 2.03 bits per heavy atom. The number of carbonyl (C=O) groups is 1. The number of aromatic carboxylic acids is 1. The van der Waals surface area contributed by atoms with E-state index in [0.717, 1.165) is 6.92 Å². The molecule has 2 heterocycles. The topological polar surface area (TPSA) is 100 Å². The summed E-state index contributed by atoms with van der Waals surface area (Å²) in [7, 11) is 0. The summed E-state index contributed by atoms with van der Waals surface area (Å²) in [6, 6.07) is 9.72. The first-order valence-electron chi connectivity index (χ1n) is 10.6. The van der Waals surface area contributed by atoms with E-state index in [1.54, 1.807) is 47.2 Å². The molecule has 2 aromatic heterocycles. The number of hydrogen-bond donors (Lipinski definition) is 3. The number of halogens is 2. The van der Waals surface area contributed by atoms with Crippen molar-refractivity contribution < 1.29 is 23.8 Å². The summed E-state index contributed by atoms with van der Waals surface area (Å²) >= 11 is 0. The summed E-state index contributed by atoms with van der Waals surface area (Å²) in [4.78, 5) is 20.0. The Morgan fingerprint density at radius 1 is 1.24 bits per heavy atom. The number of carboxylic acids is 1. The number of rotatable bonds is 8. The number of carboxylic acid groups (broad SMARTS) is 1. The van der Waals surface area contributed by atoms with Crippen LogP contribution in [0.15, 0.2) is 65.9 Å². The van der Waals surface area contributed by atoms with Crippen molar-refractivity contribution in [2.24, 2.45) is 0 Å². The summed E-state index contributed by atoms with van der Waals surface area (Å²) < 4.78 is 30.2. The maximum absolute atomic E-state index is 14.2. The summed E-state index contributed by atoms with van der Waals surface area (Å²) in [6.45, 7) is 1.09. The van der Waals surface area contributed by atoms with E-state index in [-0.39, 0.29) is 24.2 Å². The summed E-state index contributed by atoms with van der Waals surface area (Å²) in [6.07, 6.45) is 5.24. The number of nitrogens with zero attached hydrogens (tertiary/aromatic N) is 3. The van der Waals surface area contributed by atoms with Gasteiger partial charge in [-0.25, -0.2) is 18.6 Å². The fourth-order valence-electron chi connectivity index (χ4n) is 3.93. The number of allylic oxidation sites excluding steroid dienone is 4. The summed E-state index contributed by atoms with van der Waals surface area (Å²) in [5.41, 5.74) is 2.03. The third-order valence-electron chi connectivity index (χ3n) is 5.53. The number of anilines is 1. The number of hydrogen-bond acceptors (Lipinski definition) is 5. The van der Waals surface area contributed by atoms with Gasteiger partial charge in [-0.2, -0.15) is 0 Å². The maximum atomic E-state index is 14.2. The molecular formula is C24H24F2N4O3. The number of imidazole rings is 1. The molecule has 33 heavy (non-hydrogen) atoms. The van der Waals surface area contributed by atoms with Crippen LogP contribution in [0, 0.1) is 0 Å². The highest BCUT2D eigenvalue weighted by Crippen LogP contribution is 2.35. The largest absolute Gasteiger partial charge is 0.478 e. The second-order valence-electron chi connectivity index (χ2n) is 7.99. The zero-order chi connectivity index (χ0) is 23.6. The fourth-order valence-corrected chi connectivity index (χ4v) is 3.93. The molecule has 9 heteroatoms. The van der Waals surface area contributed by atoms with Crippen LogP contribution in [0.1, 0.15) is 41.9 Å². The lowest BCUT2D eigenvalue weighted by atomic mass is 9.93. The molecule has 0 unspecified atom stereocenters. The van der Waals surface area contributed by atoms with E-state index in [2.05, 4.69) is 15.3 Å². The number of aliphatic hydroxyl groups excluding tert-OH is 1. The van der Waals surface area contributed by atoms with Gasteiger partial charge in [0.05, 0.1) is 28.8 Å². The third-order valence-corrected chi connectivity index (χ3v) is 5.53. The average molecular weight is 454 g/mol. The zero-order valence-corrected chi connectivity index (χ0v) is 18.0. The molecule has 0 bridgehead atoms. The normalized spacial score (nSPS) is 15.2. The number of aromatic nitrogens is 3. The van der Waals surface area contributed by atoms with Crippen molar-refractivity contribution in [3.63, 3.8) is 0 Å². The predicted molar refractivity (Wildman–Crippen MR) is 120 cm³/mol. The Kier molecular flexibility index (Phi) is 6.24. The van der Waals surface area contributed by atoms with Crippen molar-refractivity contribution in [1.29, 1.82) is 0 Å². The van der Waals surface area contributed by atoms with Crippen molar-refractivity contribution >= 4 is 23.0 Å². The lowest BCUT2D eigenvalue weighted by Gasteiger charge is -2.23. The fraction of sp³-hybridized carbons (Fsp3) is 0.292. The SMILES string of the molecule is CC(F)(F)C1=CCCC=C1Cn1c(NC[C@@H](O)c2ccccn2)nc2cc(C(=O)O)ccc21. The van der Waals surface area contributed by atoms with Gasteiger partial charge in [-0.15, -0.1) is 0 Å². The second kappa shape index (κ2) is 9.11. The summed E-state index contributed by atoms with van der Waals surface area (Å²) in [5, 5.41) is 22.9. The Balaban J connectivity index is 1.69. The molecule has 0 saturated heterocycles. The smallest absolute Gasteiger partial charge is 0.335 e. The van der Waals surface area contributed by atoms with Crippen LogP contribution in [0.25, 0.3) is 11.0 Å². The van der Waals surface area contributed by atoms with Gasteiger partial charge < -0.3 is 20.1 Å². The highest BCUT2D eigenvalue weighted by Gasteiger charge is 2.31. The van der Waals surface area contributed by atoms with Crippen LogP contribution in [-0.4, -0.2) is 43.2 Å². The van der Waals surface area contributed by atoms with Crippen molar-refractivity contribution in [1.82, 2.24) is 14.5 Å². The van der Waals surface area contributed by atoms with Gasteiger partial charge in [-0.05, 0) is 48.7 Å². The monoisotopic (exact) mass is 454 g/mol. The third kappa shape index (κ3) is 4.93. The molecule has 1 atom stereocenters. The van der Waals surface area contributed by atoms with Gasteiger partial charge in [0, 0.05) is 25.2 Å². The number of aliphatic hydroxyl groups is 1. The van der Waals surface area contributed by atoms with E-state index < -0.39 is 18.0 Å².